The van der Waals surface area contributed by atoms with Gasteiger partial charge in [-0.05, 0) is 30.3 Å². The van der Waals surface area contributed by atoms with Crippen molar-refractivity contribution in [3.8, 4) is 0 Å². The van der Waals surface area contributed by atoms with E-state index in [9.17, 15) is 13.2 Å². The Morgan fingerprint density at radius 2 is 1.60 bits per heavy atom. The lowest BCUT2D eigenvalue weighted by Crippen LogP contribution is -2.23. The van der Waals surface area contributed by atoms with Gasteiger partial charge in [-0.2, -0.15) is 0 Å². The van der Waals surface area contributed by atoms with Crippen LogP contribution in [-0.2, 0) is 0 Å². The zero-order chi connectivity index (χ0) is 14.7. The third-order valence-electron chi connectivity index (χ3n) is 2.96. The molecule has 0 aliphatic carbocycles. The minimum atomic E-state index is -1.18. The van der Waals surface area contributed by atoms with Crippen LogP contribution in [0.1, 0.15) is 24.1 Å². The lowest BCUT2D eigenvalue weighted by atomic mass is 9.98. The molecule has 0 radical (unpaired) electrons. The summed E-state index contributed by atoms with van der Waals surface area (Å²) in [5.41, 5.74) is 0.869. The van der Waals surface area contributed by atoms with Crippen LogP contribution in [0.25, 0.3) is 0 Å². The van der Waals surface area contributed by atoms with Gasteiger partial charge < -0.3 is 5.32 Å². The Morgan fingerprint density at radius 3 is 2.20 bits per heavy atom. The molecule has 0 fully saturated rings. The Bertz CT molecular complexity index is 599. The molecule has 0 spiro atoms. The average Bonchev–Trinajstić information content (AvgIpc) is 2.42. The van der Waals surface area contributed by atoms with E-state index in [0.717, 1.165) is 16.1 Å². The number of halogens is 4. The van der Waals surface area contributed by atoms with E-state index in [2.05, 4.69) is 21.2 Å². The molecule has 0 heterocycles. The first-order valence-corrected chi connectivity index (χ1v) is 6.95. The molecule has 1 nitrogen and oxygen atoms in total. The van der Waals surface area contributed by atoms with Gasteiger partial charge in [-0.1, -0.05) is 35.0 Å². The topological polar surface area (TPSA) is 12.0 Å². The molecule has 0 aliphatic rings. The van der Waals surface area contributed by atoms with Crippen molar-refractivity contribution in [3.63, 3.8) is 0 Å². The highest BCUT2D eigenvalue weighted by Gasteiger charge is 2.19. The highest BCUT2D eigenvalue weighted by Crippen LogP contribution is 2.27. The molecule has 0 bridgehead atoms. The van der Waals surface area contributed by atoms with Crippen molar-refractivity contribution in [2.45, 2.75) is 13.0 Å². The molecule has 2 rings (SSSR count). The molecule has 1 N–H and O–H groups in total. The van der Waals surface area contributed by atoms with Gasteiger partial charge in [0.15, 0.2) is 11.6 Å². The van der Waals surface area contributed by atoms with Crippen molar-refractivity contribution < 1.29 is 13.2 Å². The summed E-state index contributed by atoms with van der Waals surface area (Å²) in [5, 5.41) is 3.08. The minimum Gasteiger partial charge on any atom is -0.306 e. The molecule has 2 aromatic rings. The predicted molar refractivity (Wildman–Crippen MR) is 76.0 cm³/mol. The minimum absolute atomic E-state index is 0.0908. The smallest absolute Gasteiger partial charge is 0.161 e. The zero-order valence-electron chi connectivity index (χ0n) is 10.8. The fourth-order valence-corrected chi connectivity index (χ4v) is 2.29. The lowest BCUT2D eigenvalue weighted by Gasteiger charge is -2.20. The summed E-state index contributed by atoms with van der Waals surface area (Å²) >= 11 is 3.32. The van der Waals surface area contributed by atoms with Crippen LogP contribution in [0, 0.1) is 17.5 Å². The molecule has 0 aliphatic heterocycles. The third-order valence-corrected chi connectivity index (χ3v) is 3.49. The molecular weight excluding hydrogens is 331 g/mol. The van der Waals surface area contributed by atoms with Gasteiger partial charge in [-0.3, -0.25) is 0 Å². The third kappa shape index (κ3) is 3.22. The van der Waals surface area contributed by atoms with Crippen LogP contribution >= 0.6 is 15.9 Å². The Labute approximate surface area is 123 Å². The predicted octanol–water partition coefficient (Wildman–Crippen LogP) is 4.57. The molecular formula is C15H13BrF3N. The van der Waals surface area contributed by atoms with Gasteiger partial charge in [0.1, 0.15) is 5.82 Å². The molecule has 2 aromatic carbocycles. The summed E-state index contributed by atoms with van der Waals surface area (Å²) in [6.45, 7) is 2.43. The summed E-state index contributed by atoms with van der Waals surface area (Å²) in [6, 6.07) is 8.20. The fraction of sp³-hybridized carbons (Fsp3) is 0.200. The summed E-state index contributed by atoms with van der Waals surface area (Å²) in [4.78, 5) is 0. The van der Waals surface area contributed by atoms with Crippen LogP contribution < -0.4 is 5.32 Å². The van der Waals surface area contributed by atoms with Gasteiger partial charge >= 0.3 is 0 Å². The number of benzene rings is 2. The molecule has 20 heavy (non-hydrogen) atoms. The average molecular weight is 344 g/mol. The Morgan fingerprint density at radius 1 is 1.00 bits per heavy atom. The van der Waals surface area contributed by atoms with Crippen LogP contribution in [0.4, 0.5) is 13.2 Å². The molecule has 0 aromatic heterocycles. The van der Waals surface area contributed by atoms with Gasteiger partial charge in [-0.25, -0.2) is 13.2 Å². The molecule has 0 amide bonds. The lowest BCUT2D eigenvalue weighted by molar-refractivity contribution is 0.481. The van der Waals surface area contributed by atoms with Gasteiger partial charge in [-0.15, -0.1) is 0 Å². The van der Waals surface area contributed by atoms with Gasteiger partial charge in [0.05, 0.1) is 6.04 Å². The van der Waals surface area contributed by atoms with E-state index in [1.807, 2.05) is 19.1 Å². The second-order valence-corrected chi connectivity index (χ2v) is 5.25. The maximum Gasteiger partial charge on any atom is 0.161 e. The van der Waals surface area contributed by atoms with E-state index < -0.39 is 23.5 Å². The van der Waals surface area contributed by atoms with Crippen LogP contribution in [0.2, 0.25) is 0 Å². The number of nitrogens with one attached hydrogen (secondary N) is 1. The largest absolute Gasteiger partial charge is 0.306 e. The summed E-state index contributed by atoms with van der Waals surface area (Å²) in [6.07, 6.45) is 0. The van der Waals surface area contributed by atoms with Crippen molar-refractivity contribution in [1.82, 2.24) is 5.32 Å². The fourth-order valence-electron chi connectivity index (χ4n) is 2.03. The summed E-state index contributed by atoms with van der Waals surface area (Å²) in [5.74, 6) is -3.00. The Kier molecular flexibility index (Phi) is 4.83. The van der Waals surface area contributed by atoms with E-state index in [0.29, 0.717) is 12.6 Å². The first-order chi connectivity index (χ1) is 9.52. The number of hydrogen-bond acceptors (Lipinski definition) is 1. The van der Waals surface area contributed by atoms with Crippen molar-refractivity contribution in [2.75, 3.05) is 6.54 Å². The zero-order valence-corrected chi connectivity index (χ0v) is 12.3. The molecule has 1 atom stereocenters. The van der Waals surface area contributed by atoms with Gasteiger partial charge in [0, 0.05) is 16.1 Å². The van der Waals surface area contributed by atoms with Crippen LogP contribution in [0.5, 0.6) is 0 Å². The standard InChI is InChI=1S/C15H13BrF3N/c1-2-20-15(9-3-5-10(16)6-4-9)11-7-13(18)14(19)8-12(11)17/h3-8,15,20H,2H2,1H3. The highest BCUT2D eigenvalue weighted by molar-refractivity contribution is 9.10. The first kappa shape index (κ1) is 15.1. The van der Waals surface area contributed by atoms with E-state index in [-0.39, 0.29) is 5.56 Å². The van der Waals surface area contributed by atoms with E-state index >= 15 is 0 Å². The second-order valence-electron chi connectivity index (χ2n) is 4.33. The monoisotopic (exact) mass is 343 g/mol. The van der Waals surface area contributed by atoms with Crippen molar-refractivity contribution in [3.05, 3.63) is 69.4 Å². The van der Waals surface area contributed by atoms with E-state index in [1.165, 1.54) is 0 Å². The van der Waals surface area contributed by atoms with Crippen molar-refractivity contribution >= 4 is 15.9 Å². The van der Waals surface area contributed by atoms with E-state index in [4.69, 9.17) is 0 Å². The number of rotatable bonds is 4. The van der Waals surface area contributed by atoms with Crippen molar-refractivity contribution in [2.24, 2.45) is 0 Å². The highest BCUT2D eigenvalue weighted by atomic mass is 79.9. The van der Waals surface area contributed by atoms with Crippen LogP contribution in [0.3, 0.4) is 0 Å². The van der Waals surface area contributed by atoms with Gasteiger partial charge in [0.25, 0.3) is 0 Å². The Hall–Kier alpha value is -1.33. The normalized spacial score (nSPS) is 12.4. The van der Waals surface area contributed by atoms with Crippen LogP contribution in [0.15, 0.2) is 40.9 Å². The van der Waals surface area contributed by atoms with E-state index in [1.54, 1.807) is 12.1 Å². The van der Waals surface area contributed by atoms with Gasteiger partial charge in [0.2, 0.25) is 0 Å². The maximum atomic E-state index is 13.9. The quantitative estimate of drug-likeness (QED) is 0.802. The summed E-state index contributed by atoms with van der Waals surface area (Å²) in [7, 11) is 0. The molecule has 1 unspecified atom stereocenters. The molecule has 5 heteroatoms. The van der Waals surface area contributed by atoms with Crippen molar-refractivity contribution in [1.29, 1.82) is 0 Å². The summed E-state index contributed by atoms with van der Waals surface area (Å²) < 4.78 is 41.2. The first-order valence-electron chi connectivity index (χ1n) is 6.16. The molecule has 106 valence electrons. The maximum absolute atomic E-state index is 13.9. The number of hydrogen-bond donors (Lipinski definition) is 1. The SMILES string of the molecule is CCNC(c1ccc(Br)cc1)c1cc(F)c(F)cc1F. The Balaban J connectivity index is 2.48. The molecule has 0 saturated heterocycles. The second kappa shape index (κ2) is 6.41. The van der Waals surface area contributed by atoms with Crippen LogP contribution in [-0.4, -0.2) is 6.54 Å². The molecule has 0 saturated carbocycles.